The first-order valence-corrected chi connectivity index (χ1v) is 12.8. The first-order chi connectivity index (χ1) is 18.1. The predicted molar refractivity (Wildman–Crippen MR) is 145 cm³/mol. The maximum Gasteiger partial charge on any atom is 0.318 e. The quantitative estimate of drug-likeness (QED) is 0.356. The fraction of sp³-hybridized carbons (Fsp3) is 0.500. The van der Waals surface area contributed by atoms with Crippen LogP contribution in [-0.2, 0) is 9.53 Å². The average Bonchev–Trinajstić information content (AvgIpc) is 2.93. The minimum absolute atomic E-state index is 0.112. The molecule has 0 aliphatic carbocycles. The lowest BCUT2D eigenvalue weighted by Gasteiger charge is -2.36. The molecule has 1 aromatic carbocycles. The molecule has 0 radical (unpaired) electrons. The van der Waals surface area contributed by atoms with Crippen molar-refractivity contribution >= 4 is 29.2 Å². The topological polar surface area (TPSA) is 170 Å². The van der Waals surface area contributed by atoms with Gasteiger partial charge in [-0.25, -0.2) is 14.8 Å². The number of likely N-dealkylation sites (tertiary alicyclic amines) is 1. The standard InChI is InChI=1S/C26H36N8O4/c1-26(2,28)24(36)34-10-8-16(9-11-34)19(27)20-21(35)23(33-12-14-38-15-13-33)32-22(31-20)17-4-6-18(7-5-17)30-25(37)29-3/h4-7,16,27,35H,8-15,28H2,1-3H3,(H2,29,30,37). The number of hydrogen-bond acceptors (Lipinski definition) is 9. The van der Waals surface area contributed by atoms with Crippen LogP contribution in [0.2, 0.25) is 0 Å². The molecule has 3 amide bonds. The molecule has 4 rings (SSSR count). The van der Waals surface area contributed by atoms with Gasteiger partial charge in [0.2, 0.25) is 5.91 Å². The van der Waals surface area contributed by atoms with E-state index >= 15 is 0 Å². The van der Waals surface area contributed by atoms with E-state index in [1.165, 1.54) is 0 Å². The molecular weight excluding hydrogens is 488 g/mol. The van der Waals surface area contributed by atoms with Crippen LogP contribution in [0.1, 0.15) is 32.4 Å². The molecule has 3 heterocycles. The third kappa shape index (κ3) is 6.03. The summed E-state index contributed by atoms with van der Waals surface area (Å²) in [7, 11) is 1.54. The zero-order valence-corrected chi connectivity index (χ0v) is 22.1. The Morgan fingerprint density at radius 2 is 1.74 bits per heavy atom. The highest BCUT2D eigenvalue weighted by Crippen LogP contribution is 2.34. The molecule has 2 fully saturated rings. The van der Waals surface area contributed by atoms with Crippen LogP contribution in [0.5, 0.6) is 5.75 Å². The Hall–Kier alpha value is -3.77. The fourth-order valence-electron chi connectivity index (χ4n) is 4.62. The van der Waals surface area contributed by atoms with E-state index in [2.05, 4.69) is 20.6 Å². The van der Waals surface area contributed by atoms with Crippen molar-refractivity contribution in [2.24, 2.45) is 11.7 Å². The van der Waals surface area contributed by atoms with Gasteiger partial charge in [0.25, 0.3) is 0 Å². The summed E-state index contributed by atoms with van der Waals surface area (Å²) in [5.74, 6) is 0.320. The van der Waals surface area contributed by atoms with Gasteiger partial charge in [0.1, 0.15) is 5.69 Å². The monoisotopic (exact) mass is 524 g/mol. The van der Waals surface area contributed by atoms with Crippen LogP contribution in [0.4, 0.5) is 16.3 Å². The Bertz CT molecular complexity index is 1180. The second kappa shape index (κ2) is 11.3. The van der Waals surface area contributed by atoms with Crippen LogP contribution in [-0.4, -0.2) is 89.6 Å². The number of aromatic hydroxyl groups is 1. The van der Waals surface area contributed by atoms with Gasteiger partial charge in [-0.05, 0) is 51.0 Å². The number of morpholine rings is 1. The van der Waals surface area contributed by atoms with Crippen molar-refractivity contribution in [2.45, 2.75) is 32.2 Å². The van der Waals surface area contributed by atoms with E-state index in [9.17, 15) is 14.7 Å². The number of ether oxygens (including phenoxy) is 1. The van der Waals surface area contributed by atoms with Gasteiger partial charge in [0.05, 0.1) is 24.5 Å². The van der Waals surface area contributed by atoms with Gasteiger partial charge in [0, 0.05) is 50.4 Å². The SMILES string of the molecule is CNC(=O)Nc1ccc(-c2nc(C(=N)C3CCN(C(=O)C(C)(C)N)CC3)c(O)c(N3CCOCC3)n2)cc1. The molecule has 0 saturated carbocycles. The first kappa shape index (κ1) is 27.3. The summed E-state index contributed by atoms with van der Waals surface area (Å²) in [5.41, 5.74) is 6.74. The van der Waals surface area contributed by atoms with Crippen molar-refractivity contribution < 1.29 is 19.4 Å². The van der Waals surface area contributed by atoms with Crippen molar-refractivity contribution in [3.05, 3.63) is 30.0 Å². The van der Waals surface area contributed by atoms with Gasteiger partial charge in [-0.1, -0.05) is 0 Å². The number of nitrogens with zero attached hydrogens (tertiary/aromatic N) is 4. The summed E-state index contributed by atoms with van der Waals surface area (Å²) in [6, 6.07) is 6.73. The van der Waals surface area contributed by atoms with Crippen LogP contribution >= 0.6 is 0 Å². The molecule has 0 bridgehead atoms. The van der Waals surface area contributed by atoms with E-state index < -0.39 is 5.54 Å². The molecule has 204 valence electrons. The minimum atomic E-state index is -0.946. The van der Waals surface area contributed by atoms with Gasteiger partial charge in [-0.2, -0.15) is 0 Å². The molecular formula is C26H36N8O4. The minimum Gasteiger partial charge on any atom is -0.503 e. The van der Waals surface area contributed by atoms with Gasteiger partial charge in [-0.3, -0.25) is 4.79 Å². The van der Waals surface area contributed by atoms with Crippen molar-refractivity contribution in [2.75, 3.05) is 56.7 Å². The number of urea groups is 1. The highest BCUT2D eigenvalue weighted by atomic mass is 16.5. The summed E-state index contributed by atoms with van der Waals surface area (Å²) >= 11 is 0. The van der Waals surface area contributed by atoms with Crippen LogP contribution in [0.15, 0.2) is 24.3 Å². The number of aromatic nitrogens is 2. The number of benzene rings is 1. The van der Waals surface area contributed by atoms with E-state index in [1.54, 1.807) is 50.1 Å². The van der Waals surface area contributed by atoms with Crippen molar-refractivity contribution in [1.82, 2.24) is 20.2 Å². The molecule has 0 atom stereocenters. The maximum absolute atomic E-state index is 12.6. The molecule has 0 spiro atoms. The molecule has 38 heavy (non-hydrogen) atoms. The summed E-state index contributed by atoms with van der Waals surface area (Å²) in [6.45, 7) is 6.49. The third-order valence-corrected chi connectivity index (χ3v) is 6.80. The van der Waals surface area contributed by atoms with E-state index in [0.717, 1.165) is 0 Å². The van der Waals surface area contributed by atoms with Gasteiger partial charge in [0.15, 0.2) is 17.4 Å². The molecule has 2 saturated heterocycles. The normalized spacial score (nSPS) is 16.7. The van der Waals surface area contributed by atoms with Crippen molar-refractivity contribution in [1.29, 1.82) is 5.41 Å². The second-order valence-electron chi connectivity index (χ2n) is 10.2. The van der Waals surface area contributed by atoms with E-state index in [0.29, 0.717) is 75.1 Å². The van der Waals surface area contributed by atoms with Crippen molar-refractivity contribution in [3.8, 4) is 17.1 Å². The number of piperidine rings is 1. The number of rotatable bonds is 6. The Kier molecular flexibility index (Phi) is 8.12. The number of carbonyl (C=O) groups is 2. The largest absolute Gasteiger partial charge is 0.503 e. The highest BCUT2D eigenvalue weighted by Gasteiger charge is 2.34. The zero-order valence-electron chi connectivity index (χ0n) is 22.1. The van der Waals surface area contributed by atoms with E-state index in [4.69, 9.17) is 15.9 Å². The van der Waals surface area contributed by atoms with Gasteiger partial charge < -0.3 is 41.4 Å². The number of nitrogens with one attached hydrogen (secondary N) is 3. The highest BCUT2D eigenvalue weighted by molar-refractivity contribution is 6.02. The smallest absolute Gasteiger partial charge is 0.318 e. The lowest BCUT2D eigenvalue weighted by atomic mass is 9.89. The van der Waals surface area contributed by atoms with Crippen LogP contribution in [0, 0.1) is 11.3 Å². The third-order valence-electron chi connectivity index (χ3n) is 6.80. The summed E-state index contributed by atoms with van der Waals surface area (Å²) < 4.78 is 5.47. The fourth-order valence-corrected chi connectivity index (χ4v) is 4.62. The molecule has 6 N–H and O–H groups in total. The lowest BCUT2D eigenvalue weighted by Crippen LogP contribution is -2.53. The molecule has 2 aliphatic heterocycles. The van der Waals surface area contributed by atoms with Gasteiger partial charge in [-0.15, -0.1) is 0 Å². The van der Waals surface area contributed by atoms with Gasteiger partial charge >= 0.3 is 6.03 Å². The average molecular weight is 525 g/mol. The number of hydrogen-bond donors (Lipinski definition) is 5. The van der Waals surface area contributed by atoms with Crippen LogP contribution < -0.4 is 21.3 Å². The molecule has 2 aromatic rings. The van der Waals surface area contributed by atoms with E-state index in [1.807, 2.05) is 4.90 Å². The lowest BCUT2D eigenvalue weighted by molar-refractivity contribution is -0.136. The van der Waals surface area contributed by atoms with Crippen LogP contribution in [0.3, 0.4) is 0 Å². The number of carbonyl (C=O) groups excluding carboxylic acids is 2. The first-order valence-electron chi connectivity index (χ1n) is 12.8. The summed E-state index contributed by atoms with van der Waals surface area (Å²) in [5, 5.41) is 25.5. The number of amides is 3. The van der Waals surface area contributed by atoms with Crippen molar-refractivity contribution in [3.63, 3.8) is 0 Å². The number of anilines is 2. The Morgan fingerprint density at radius 3 is 2.32 bits per heavy atom. The zero-order chi connectivity index (χ0) is 27.4. The summed E-state index contributed by atoms with van der Waals surface area (Å²) in [6.07, 6.45) is 1.15. The van der Waals surface area contributed by atoms with E-state index in [-0.39, 0.29) is 35.0 Å². The molecule has 1 aromatic heterocycles. The Labute approximate surface area is 222 Å². The second-order valence-corrected chi connectivity index (χ2v) is 10.2. The molecule has 0 unspecified atom stereocenters. The molecule has 2 aliphatic rings. The maximum atomic E-state index is 12.6. The Balaban J connectivity index is 1.62. The van der Waals surface area contributed by atoms with Crippen LogP contribution in [0.25, 0.3) is 11.4 Å². The number of nitrogens with two attached hydrogens (primary N) is 1. The molecule has 12 heteroatoms. The summed E-state index contributed by atoms with van der Waals surface area (Å²) in [4.78, 5) is 37.2. The Morgan fingerprint density at radius 1 is 1.11 bits per heavy atom. The predicted octanol–water partition coefficient (Wildman–Crippen LogP) is 1.78. The molecule has 12 nitrogen and oxygen atoms in total.